The predicted molar refractivity (Wildman–Crippen MR) is 188 cm³/mol. The van der Waals surface area contributed by atoms with Crippen LogP contribution in [0.4, 0.5) is 0 Å². The van der Waals surface area contributed by atoms with Gasteiger partial charge in [0, 0.05) is 0 Å². The number of hydrogen-bond donors (Lipinski definition) is 0. The largest absolute Gasteiger partial charge is 0.463 e. The summed E-state index contributed by atoms with van der Waals surface area (Å²) in [6.07, 6.45) is 29.7. The summed E-state index contributed by atoms with van der Waals surface area (Å²) in [5.41, 5.74) is 2.84. The summed E-state index contributed by atoms with van der Waals surface area (Å²) in [5.74, 6) is 1.77. The van der Waals surface area contributed by atoms with Crippen molar-refractivity contribution in [3.8, 4) is 11.5 Å². The fourth-order valence-corrected chi connectivity index (χ4v) is 6.71. The van der Waals surface area contributed by atoms with Crippen LogP contribution in [-0.4, -0.2) is 6.61 Å². The molecule has 0 amide bonds. The molecule has 0 radical (unpaired) electrons. The molecule has 0 aromatic heterocycles. The predicted octanol–water partition coefficient (Wildman–Crippen LogP) is 13.7. The Labute approximate surface area is 267 Å². The molecule has 0 N–H and O–H groups in total. The van der Waals surface area contributed by atoms with E-state index in [1.54, 1.807) is 0 Å². The van der Waals surface area contributed by atoms with E-state index >= 15 is 0 Å². The van der Waals surface area contributed by atoms with Crippen LogP contribution >= 0.6 is 8.60 Å². The van der Waals surface area contributed by atoms with Crippen molar-refractivity contribution in [2.75, 3.05) is 6.61 Å². The lowest BCUT2D eigenvalue weighted by Crippen LogP contribution is -2.05. The van der Waals surface area contributed by atoms with Crippen LogP contribution in [0, 0.1) is 0 Å². The number of rotatable bonds is 29. The number of benzene rings is 2. The molecule has 0 bridgehead atoms. The summed E-state index contributed by atoms with van der Waals surface area (Å²) in [4.78, 5) is 0. The van der Waals surface area contributed by atoms with E-state index in [4.69, 9.17) is 13.6 Å². The van der Waals surface area contributed by atoms with Crippen LogP contribution in [0.2, 0.25) is 0 Å². The Bertz CT molecular complexity index is 887. The molecule has 2 aromatic carbocycles. The van der Waals surface area contributed by atoms with Gasteiger partial charge < -0.3 is 9.05 Å². The minimum absolute atomic E-state index is 0.678. The first kappa shape index (κ1) is 37.6. The lowest BCUT2D eigenvalue weighted by atomic mass is 9.95. The summed E-state index contributed by atoms with van der Waals surface area (Å²) >= 11 is 0. The summed E-state index contributed by atoms with van der Waals surface area (Å²) < 4.78 is 19.3. The molecular weight excluding hydrogens is 547 g/mol. The Morgan fingerprint density at radius 2 is 0.977 bits per heavy atom. The zero-order valence-corrected chi connectivity index (χ0v) is 29.2. The van der Waals surface area contributed by atoms with E-state index in [9.17, 15) is 0 Å². The molecule has 1 unspecified atom stereocenters. The second-order valence-corrected chi connectivity index (χ2v) is 13.4. The standard InChI is InChI=1S/C39H65O3P/c1-4-7-10-13-16-19-23-29-36-30-28-34-39(38(36)33-26-20-17-14-11-8-5-2)42-43(41-37-31-24-22-25-32-37)40-35-27-21-18-15-12-9-6-3/h22,24-25,28,30-32,34H,4-21,23,26-27,29,33,35H2,1-3H3. The van der Waals surface area contributed by atoms with Gasteiger partial charge in [-0.2, -0.15) is 0 Å². The first-order valence-electron chi connectivity index (χ1n) is 18.2. The van der Waals surface area contributed by atoms with Crippen LogP contribution < -0.4 is 9.05 Å². The molecule has 0 aliphatic heterocycles. The van der Waals surface area contributed by atoms with Gasteiger partial charge in [0.2, 0.25) is 0 Å². The second kappa shape index (κ2) is 26.8. The average molecular weight is 613 g/mol. The van der Waals surface area contributed by atoms with Gasteiger partial charge >= 0.3 is 8.60 Å². The third kappa shape index (κ3) is 18.8. The van der Waals surface area contributed by atoms with Gasteiger partial charge in [0.15, 0.2) is 0 Å². The second-order valence-electron chi connectivity index (χ2n) is 12.3. The third-order valence-electron chi connectivity index (χ3n) is 8.35. The molecule has 0 aliphatic rings. The van der Waals surface area contributed by atoms with Crippen molar-refractivity contribution in [2.45, 2.75) is 168 Å². The number of aryl methyl sites for hydroxylation is 1. The van der Waals surface area contributed by atoms with Gasteiger partial charge in [-0.1, -0.05) is 167 Å². The maximum Gasteiger partial charge on any atom is 0.463 e. The Kier molecular flexibility index (Phi) is 23.4. The molecule has 43 heavy (non-hydrogen) atoms. The Hall–Kier alpha value is -1.57. The molecule has 3 nitrogen and oxygen atoms in total. The van der Waals surface area contributed by atoms with E-state index in [-0.39, 0.29) is 0 Å². The van der Waals surface area contributed by atoms with Gasteiger partial charge in [0.25, 0.3) is 0 Å². The molecule has 4 heteroatoms. The summed E-state index contributed by atoms with van der Waals surface area (Å²) in [5, 5.41) is 0. The molecular formula is C39H65O3P. The van der Waals surface area contributed by atoms with Crippen molar-refractivity contribution in [3.63, 3.8) is 0 Å². The molecule has 1 atom stereocenters. The van der Waals surface area contributed by atoms with Gasteiger partial charge in [-0.3, -0.25) is 4.52 Å². The first-order chi connectivity index (χ1) is 21.3. The lowest BCUT2D eigenvalue weighted by molar-refractivity contribution is 0.257. The molecule has 244 valence electrons. The van der Waals surface area contributed by atoms with Crippen molar-refractivity contribution in [1.82, 2.24) is 0 Å². The molecule has 0 aliphatic carbocycles. The lowest BCUT2D eigenvalue weighted by Gasteiger charge is -2.21. The van der Waals surface area contributed by atoms with Crippen molar-refractivity contribution >= 4 is 8.60 Å². The maximum absolute atomic E-state index is 6.65. The third-order valence-corrected chi connectivity index (χ3v) is 9.45. The smallest absolute Gasteiger partial charge is 0.418 e. The zero-order chi connectivity index (χ0) is 30.6. The van der Waals surface area contributed by atoms with E-state index in [2.05, 4.69) is 39.0 Å². The number of para-hydroxylation sites is 1. The molecule has 2 rings (SSSR count). The van der Waals surface area contributed by atoms with Crippen LogP contribution in [0.25, 0.3) is 0 Å². The van der Waals surface area contributed by atoms with E-state index in [1.165, 1.54) is 140 Å². The Balaban J connectivity index is 2.04. The van der Waals surface area contributed by atoms with Crippen LogP contribution in [0.5, 0.6) is 11.5 Å². The van der Waals surface area contributed by atoms with Crippen LogP contribution in [0.15, 0.2) is 48.5 Å². The van der Waals surface area contributed by atoms with Gasteiger partial charge in [-0.25, -0.2) is 0 Å². The van der Waals surface area contributed by atoms with Gasteiger partial charge in [0.05, 0.1) is 6.61 Å². The Morgan fingerprint density at radius 3 is 1.56 bits per heavy atom. The van der Waals surface area contributed by atoms with Crippen molar-refractivity contribution < 1.29 is 13.6 Å². The zero-order valence-electron chi connectivity index (χ0n) is 28.3. The summed E-state index contributed by atoms with van der Waals surface area (Å²) in [6.45, 7) is 7.53. The topological polar surface area (TPSA) is 27.7 Å². The van der Waals surface area contributed by atoms with Crippen LogP contribution in [-0.2, 0) is 17.4 Å². The normalized spacial score (nSPS) is 12.0. The van der Waals surface area contributed by atoms with Crippen LogP contribution in [0.1, 0.15) is 167 Å². The minimum atomic E-state index is -1.53. The van der Waals surface area contributed by atoms with Crippen LogP contribution in [0.3, 0.4) is 0 Å². The average Bonchev–Trinajstić information content (AvgIpc) is 3.02. The molecule has 0 saturated carbocycles. The van der Waals surface area contributed by atoms with Crippen molar-refractivity contribution in [2.24, 2.45) is 0 Å². The minimum Gasteiger partial charge on any atom is -0.418 e. The summed E-state index contributed by atoms with van der Waals surface area (Å²) in [6, 6.07) is 16.7. The Morgan fingerprint density at radius 1 is 0.465 bits per heavy atom. The summed E-state index contributed by atoms with van der Waals surface area (Å²) in [7, 11) is -1.53. The SMILES string of the molecule is CCCCCCCCCOP(Oc1ccccc1)Oc1cccc(CCCCCCCCC)c1CCCCCCCCC. The molecule has 2 aromatic rings. The fourth-order valence-electron chi connectivity index (χ4n) is 5.66. The number of hydrogen-bond acceptors (Lipinski definition) is 3. The van der Waals surface area contributed by atoms with E-state index in [0.29, 0.717) is 6.61 Å². The quantitative estimate of drug-likeness (QED) is 0.0675. The van der Waals surface area contributed by atoms with Gasteiger partial charge in [-0.15, -0.1) is 0 Å². The molecule has 0 saturated heterocycles. The van der Waals surface area contributed by atoms with E-state index < -0.39 is 8.60 Å². The van der Waals surface area contributed by atoms with Crippen molar-refractivity contribution in [1.29, 1.82) is 0 Å². The highest BCUT2D eigenvalue weighted by molar-refractivity contribution is 7.42. The molecule has 0 fully saturated rings. The molecule has 0 spiro atoms. The maximum atomic E-state index is 6.65. The number of unbranched alkanes of at least 4 members (excludes halogenated alkanes) is 18. The molecule has 0 heterocycles. The monoisotopic (exact) mass is 612 g/mol. The van der Waals surface area contributed by atoms with E-state index in [0.717, 1.165) is 30.8 Å². The van der Waals surface area contributed by atoms with E-state index in [1.807, 2.05) is 30.3 Å². The highest BCUT2D eigenvalue weighted by Crippen LogP contribution is 2.43. The first-order valence-corrected chi connectivity index (χ1v) is 19.3. The van der Waals surface area contributed by atoms with Crippen molar-refractivity contribution in [3.05, 3.63) is 59.7 Å². The highest BCUT2D eigenvalue weighted by Gasteiger charge is 2.20. The van der Waals surface area contributed by atoms with Gasteiger partial charge in [0.1, 0.15) is 11.5 Å². The highest BCUT2D eigenvalue weighted by atomic mass is 31.2. The fraction of sp³-hybridized carbons (Fsp3) is 0.692. The van der Waals surface area contributed by atoms with Gasteiger partial charge in [-0.05, 0) is 61.4 Å².